The number of carbonyl (C=O) groups is 1. The molecule has 1 aliphatic heterocycles. The number of amides is 1. The van der Waals surface area contributed by atoms with Crippen LogP contribution in [0.25, 0.3) is 0 Å². The lowest BCUT2D eigenvalue weighted by Crippen LogP contribution is -2.38. The Morgan fingerprint density at radius 2 is 2.00 bits per heavy atom. The van der Waals surface area contributed by atoms with Crippen molar-refractivity contribution >= 4 is 27.2 Å². The molecule has 5 nitrogen and oxygen atoms in total. The molecule has 0 unspecified atom stereocenters. The quantitative estimate of drug-likeness (QED) is 0.600. The zero-order valence-electron chi connectivity index (χ0n) is 18.7. The highest BCUT2D eigenvalue weighted by molar-refractivity contribution is 8.02. The zero-order chi connectivity index (χ0) is 22.8. The van der Waals surface area contributed by atoms with Crippen molar-refractivity contribution in [2.24, 2.45) is 5.73 Å². The monoisotopic (exact) mass is 468 g/mol. The van der Waals surface area contributed by atoms with Crippen LogP contribution in [-0.4, -0.2) is 47.2 Å². The van der Waals surface area contributed by atoms with Crippen LogP contribution in [0.1, 0.15) is 58.5 Å². The zero-order valence-corrected chi connectivity index (χ0v) is 20.5. The molecule has 0 saturated carbocycles. The minimum absolute atomic E-state index is 0.0572. The fourth-order valence-electron chi connectivity index (χ4n) is 4.17. The average Bonchev–Trinajstić information content (AvgIpc) is 3.08. The van der Waals surface area contributed by atoms with E-state index in [0.29, 0.717) is 59.5 Å². The van der Waals surface area contributed by atoms with Gasteiger partial charge in [-0.3, -0.25) is 9.00 Å². The van der Waals surface area contributed by atoms with Crippen molar-refractivity contribution in [1.82, 2.24) is 4.90 Å². The highest BCUT2D eigenvalue weighted by atomic mass is 32.2. The predicted octanol–water partition coefficient (Wildman–Crippen LogP) is 4.10. The normalized spacial score (nSPS) is 15.9. The summed E-state index contributed by atoms with van der Waals surface area (Å²) in [5.41, 5.74) is 8.08. The van der Waals surface area contributed by atoms with Crippen LogP contribution in [0.15, 0.2) is 23.1 Å². The van der Waals surface area contributed by atoms with Gasteiger partial charge in [0.05, 0.1) is 16.4 Å². The fraction of sp³-hybridized carbons (Fsp3) is 0.522. The Bertz CT molecular complexity index is 991. The number of piperidine rings is 1. The van der Waals surface area contributed by atoms with Gasteiger partial charge >= 0.3 is 0 Å². The third-order valence-corrected chi connectivity index (χ3v) is 8.73. The fourth-order valence-corrected chi connectivity index (χ4v) is 7.51. The number of likely N-dealkylation sites (tertiary alicyclic amines) is 1. The van der Waals surface area contributed by atoms with Gasteiger partial charge in [0.15, 0.2) is 5.06 Å². The Labute approximate surface area is 189 Å². The second kappa shape index (κ2) is 9.79. The van der Waals surface area contributed by atoms with E-state index in [1.54, 1.807) is 18.6 Å². The third-order valence-electron chi connectivity index (χ3n) is 5.77. The third kappa shape index (κ3) is 5.18. The van der Waals surface area contributed by atoms with Crippen LogP contribution in [0.2, 0.25) is 0 Å². The maximum Gasteiger partial charge on any atom is 0.264 e. The van der Waals surface area contributed by atoms with E-state index in [1.807, 2.05) is 24.8 Å². The van der Waals surface area contributed by atoms with Gasteiger partial charge in [0, 0.05) is 19.6 Å². The van der Waals surface area contributed by atoms with E-state index >= 15 is 0 Å². The largest absolute Gasteiger partial charge is 0.483 e. The molecule has 0 radical (unpaired) electrons. The Morgan fingerprint density at radius 1 is 1.32 bits per heavy atom. The molecule has 2 aromatic rings. The van der Waals surface area contributed by atoms with Crippen LogP contribution < -0.4 is 10.5 Å². The summed E-state index contributed by atoms with van der Waals surface area (Å²) in [5, 5.41) is 0.603. The van der Waals surface area contributed by atoms with Gasteiger partial charge in [-0.25, -0.2) is 4.39 Å². The first-order valence-electron chi connectivity index (χ1n) is 10.8. The first-order valence-corrected chi connectivity index (χ1v) is 14.2. The van der Waals surface area contributed by atoms with Gasteiger partial charge in [0.25, 0.3) is 5.91 Å². The molecular weight excluding hydrogens is 435 g/mol. The molecule has 3 rings (SSSR count). The number of thiophene rings is 1. The van der Waals surface area contributed by atoms with Crippen molar-refractivity contribution in [3.05, 3.63) is 45.6 Å². The van der Waals surface area contributed by atoms with Crippen LogP contribution in [0.3, 0.4) is 0 Å². The lowest BCUT2D eigenvalue weighted by Gasteiger charge is -2.32. The maximum absolute atomic E-state index is 14.4. The number of benzene rings is 1. The molecule has 1 aromatic heterocycles. The van der Waals surface area contributed by atoms with Crippen LogP contribution in [0.4, 0.5) is 4.39 Å². The Balaban J connectivity index is 1.78. The number of halogens is 1. The van der Waals surface area contributed by atoms with Crippen molar-refractivity contribution in [2.75, 3.05) is 32.2 Å². The first-order chi connectivity index (χ1) is 14.7. The van der Waals surface area contributed by atoms with Crippen molar-refractivity contribution in [1.29, 1.82) is 0 Å². The van der Waals surface area contributed by atoms with Crippen molar-refractivity contribution < 1.29 is 18.1 Å². The number of nitrogens with two attached hydrogens (primary N) is 1. The number of rotatable bonds is 7. The number of thiol groups is 1. The van der Waals surface area contributed by atoms with Gasteiger partial charge in [0.1, 0.15) is 5.82 Å². The van der Waals surface area contributed by atoms with E-state index in [-0.39, 0.29) is 17.6 Å². The SMILES string of the molecule is CCCOc1sc(C(=O)N2CCC(c3cc(CN)ccc3F)CC2)c(C)c1[SH](C)(C)=O. The average molecular weight is 469 g/mol. The van der Waals surface area contributed by atoms with Crippen LogP contribution in [-0.2, 0) is 16.5 Å². The van der Waals surface area contributed by atoms with Gasteiger partial charge in [-0.1, -0.05) is 40.3 Å². The van der Waals surface area contributed by atoms with Crippen LogP contribution >= 0.6 is 11.3 Å². The highest BCUT2D eigenvalue weighted by Crippen LogP contribution is 2.41. The molecule has 0 atom stereocenters. The smallest absolute Gasteiger partial charge is 0.264 e. The molecule has 0 aliphatic carbocycles. The lowest BCUT2D eigenvalue weighted by atomic mass is 9.88. The van der Waals surface area contributed by atoms with Gasteiger partial charge in [-0.2, -0.15) is 0 Å². The molecule has 8 heteroatoms. The summed E-state index contributed by atoms with van der Waals surface area (Å²) in [6.07, 6.45) is 5.67. The standard InChI is InChI=1S/C23H33FN2O3S2/c1-5-12-29-23-21(31(3,4)28)15(2)20(30-23)22(27)26-10-8-17(9-11-26)18-13-16(14-25)6-7-19(18)24/h6-7,13,17,31H,5,8-12,14,25H2,1-4H3. The van der Waals surface area contributed by atoms with Crippen molar-refractivity contribution in [3.8, 4) is 5.06 Å². The maximum atomic E-state index is 14.4. The number of nitrogens with zero attached hydrogens (tertiary/aromatic N) is 1. The summed E-state index contributed by atoms with van der Waals surface area (Å²) in [5.74, 6) is -0.191. The van der Waals surface area contributed by atoms with E-state index in [4.69, 9.17) is 10.5 Å². The summed E-state index contributed by atoms with van der Waals surface area (Å²) >= 11 is 1.30. The van der Waals surface area contributed by atoms with Gasteiger partial charge < -0.3 is 15.4 Å². The van der Waals surface area contributed by atoms with E-state index in [1.165, 1.54) is 17.4 Å². The lowest BCUT2D eigenvalue weighted by molar-refractivity contribution is 0.0716. The predicted molar refractivity (Wildman–Crippen MR) is 127 cm³/mol. The molecule has 2 heterocycles. The summed E-state index contributed by atoms with van der Waals surface area (Å²) in [7, 11) is -2.59. The molecule has 0 spiro atoms. The summed E-state index contributed by atoms with van der Waals surface area (Å²) in [6, 6.07) is 5.05. The number of carbonyl (C=O) groups excluding carboxylic acids is 1. The number of hydrogen-bond donors (Lipinski definition) is 2. The minimum atomic E-state index is -2.59. The van der Waals surface area contributed by atoms with Crippen LogP contribution in [0, 0.1) is 12.7 Å². The molecule has 1 saturated heterocycles. The van der Waals surface area contributed by atoms with Crippen molar-refractivity contribution in [2.45, 2.75) is 50.5 Å². The van der Waals surface area contributed by atoms with E-state index in [0.717, 1.165) is 17.5 Å². The van der Waals surface area contributed by atoms with Gasteiger partial charge in [-0.15, -0.1) is 0 Å². The van der Waals surface area contributed by atoms with Gasteiger partial charge in [-0.05, 0) is 67.4 Å². The Morgan fingerprint density at radius 3 is 2.58 bits per heavy atom. The molecule has 0 bridgehead atoms. The second-order valence-corrected chi connectivity index (χ2v) is 12.7. The van der Waals surface area contributed by atoms with Gasteiger partial charge in [0.2, 0.25) is 0 Å². The Hall–Kier alpha value is -1.77. The minimum Gasteiger partial charge on any atom is -0.483 e. The molecule has 1 fully saturated rings. The van der Waals surface area contributed by atoms with E-state index in [9.17, 15) is 13.4 Å². The van der Waals surface area contributed by atoms with E-state index in [2.05, 4.69) is 0 Å². The van der Waals surface area contributed by atoms with E-state index < -0.39 is 9.93 Å². The molecule has 2 N–H and O–H groups in total. The first kappa shape index (κ1) is 23.9. The molecule has 31 heavy (non-hydrogen) atoms. The van der Waals surface area contributed by atoms with Crippen molar-refractivity contribution in [3.63, 3.8) is 0 Å². The summed E-state index contributed by atoms with van der Waals surface area (Å²) in [6.45, 7) is 5.90. The van der Waals surface area contributed by atoms with Crippen LogP contribution in [0.5, 0.6) is 5.06 Å². The topological polar surface area (TPSA) is 72.6 Å². The molecule has 172 valence electrons. The molecule has 1 amide bonds. The Kier molecular flexibility index (Phi) is 7.55. The molecular formula is C23H33FN2O3S2. The number of ether oxygens (including phenoxy) is 1. The summed E-state index contributed by atoms with van der Waals surface area (Å²) in [4.78, 5) is 16.4. The number of hydrogen-bond acceptors (Lipinski definition) is 5. The molecule has 1 aromatic carbocycles. The molecule has 1 aliphatic rings. The summed E-state index contributed by atoms with van der Waals surface area (Å²) < 4.78 is 33.1. The second-order valence-electron chi connectivity index (χ2n) is 8.52. The highest BCUT2D eigenvalue weighted by Gasteiger charge is 2.31.